The molecule has 1 atom stereocenters. The minimum atomic E-state index is -3.37. The lowest BCUT2D eigenvalue weighted by Crippen LogP contribution is -2.42. The van der Waals surface area contributed by atoms with Crippen molar-refractivity contribution in [1.29, 1.82) is 0 Å². The Morgan fingerprint density at radius 2 is 2.09 bits per heavy atom. The summed E-state index contributed by atoms with van der Waals surface area (Å²) in [5.41, 5.74) is 0.278. The van der Waals surface area contributed by atoms with E-state index < -0.39 is 21.7 Å². The van der Waals surface area contributed by atoms with Gasteiger partial charge in [-0.25, -0.2) is 8.42 Å². The normalized spacial score (nSPS) is 19.0. The number of nitrogens with zero attached hydrogens (tertiary/aromatic N) is 1. The van der Waals surface area contributed by atoms with Gasteiger partial charge in [0.1, 0.15) is 0 Å². The highest BCUT2D eigenvalue weighted by Gasteiger charge is 2.29. The zero-order valence-corrected chi connectivity index (χ0v) is 13.2. The van der Waals surface area contributed by atoms with E-state index in [1.807, 2.05) is 0 Å². The number of sulfone groups is 1. The van der Waals surface area contributed by atoms with Gasteiger partial charge in [0.2, 0.25) is 0 Å². The Morgan fingerprint density at radius 3 is 2.73 bits per heavy atom. The summed E-state index contributed by atoms with van der Waals surface area (Å²) in [5, 5.41) is 9.07. The van der Waals surface area contributed by atoms with Crippen LogP contribution < -0.4 is 0 Å². The van der Waals surface area contributed by atoms with Gasteiger partial charge >= 0.3 is 5.97 Å². The van der Waals surface area contributed by atoms with Crippen LogP contribution in [0.3, 0.4) is 0 Å². The highest BCUT2D eigenvalue weighted by atomic mass is 32.2. The van der Waals surface area contributed by atoms with Crippen LogP contribution in [-0.2, 0) is 14.6 Å². The first-order valence-corrected chi connectivity index (χ1v) is 8.85. The Hall–Kier alpha value is -1.89. The number of amides is 1. The largest absolute Gasteiger partial charge is 0.481 e. The van der Waals surface area contributed by atoms with Gasteiger partial charge in [-0.05, 0) is 31.0 Å². The maximum absolute atomic E-state index is 12.5. The number of piperidine rings is 1. The average Bonchev–Trinajstić information content (AvgIpc) is 2.54. The predicted octanol–water partition coefficient (Wildman–Crippen LogP) is 1.42. The SMILES string of the molecule is CCS(=O)(=O)c1cccc(C(=O)N2CCCC(C(=O)O)C2)c1. The molecule has 22 heavy (non-hydrogen) atoms. The van der Waals surface area contributed by atoms with Crippen LogP contribution in [0.1, 0.15) is 30.1 Å². The van der Waals surface area contributed by atoms with Crippen LogP contribution >= 0.6 is 0 Å². The van der Waals surface area contributed by atoms with E-state index >= 15 is 0 Å². The van der Waals surface area contributed by atoms with Crippen molar-refractivity contribution in [3.05, 3.63) is 29.8 Å². The van der Waals surface area contributed by atoms with Crippen molar-refractivity contribution in [2.75, 3.05) is 18.8 Å². The van der Waals surface area contributed by atoms with E-state index in [0.717, 1.165) is 0 Å². The topological polar surface area (TPSA) is 91.8 Å². The number of aliphatic carboxylic acids is 1. The first kappa shape index (κ1) is 16.5. The molecule has 120 valence electrons. The molecule has 0 spiro atoms. The molecule has 1 fully saturated rings. The predicted molar refractivity (Wildman–Crippen MR) is 80.4 cm³/mol. The lowest BCUT2D eigenvalue weighted by Gasteiger charge is -2.30. The molecule has 2 rings (SSSR count). The third-order valence-corrected chi connectivity index (χ3v) is 5.61. The van der Waals surface area contributed by atoms with Gasteiger partial charge in [0.15, 0.2) is 9.84 Å². The standard InChI is InChI=1S/C15H19NO5S/c1-2-22(20,21)13-7-3-5-11(9-13)14(17)16-8-4-6-12(10-16)15(18)19/h3,5,7,9,12H,2,4,6,8,10H2,1H3,(H,18,19). The Kier molecular flexibility index (Phi) is 4.85. The zero-order valence-electron chi connectivity index (χ0n) is 12.4. The van der Waals surface area contributed by atoms with Crippen LogP contribution in [0, 0.1) is 5.92 Å². The van der Waals surface area contributed by atoms with Gasteiger partial charge in [0.05, 0.1) is 16.6 Å². The number of rotatable bonds is 4. The number of benzene rings is 1. The summed E-state index contributed by atoms with van der Waals surface area (Å²) in [7, 11) is -3.37. The molecular formula is C15H19NO5S. The zero-order chi connectivity index (χ0) is 16.3. The summed E-state index contributed by atoms with van der Waals surface area (Å²) in [6.07, 6.45) is 1.19. The number of carbonyl (C=O) groups excluding carboxylic acids is 1. The number of carbonyl (C=O) groups is 2. The maximum atomic E-state index is 12.5. The molecule has 0 saturated carbocycles. The highest BCUT2D eigenvalue weighted by molar-refractivity contribution is 7.91. The van der Waals surface area contributed by atoms with Gasteiger partial charge in [-0.1, -0.05) is 13.0 Å². The molecule has 1 aromatic carbocycles. The molecule has 7 heteroatoms. The van der Waals surface area contributed by atoms with Gasteiger partial charge in [-0.2, -0.15) is 0 Å². The van der Waals surface area contributed by atoms with Crippen LogP contribution in [0.25, 0.3) is 0 Å². The van der Waals surface area contributed by atoms with Crippen molar-refractivity contribution in [3.63, 3.8) is 0 Å². The summed E-state index contributed by atoms with van der Waals surface area (Å²) < 4.78 is 23.8. The van der Waals surface area contributed by atoms with Crippen molar-refractivity contribution in [2.45, 2.75) is 24.7 Å². The third kappa shape index (κ3) is 3.47. The fourth-order valence-electron chi connectivity index (χ4n) is 2.53. The lowest BCUT2D eigenvalue weighted by atomic mass is 9.97. The Bertz CT molecular complexity index is 683. The summed E-state index contributed by atoms with van der Waals surface area (Å²) in [5.74, 6) is -1.81. The fourth-order valence-corrected chi connectivity index (χ4v) is 3.46. The van der Waals surface area contributed by atoms with Gasteiger partial charge in [0.25, 0.3) is 5.91 Å². The number of hydrogen-bond donors (Lipinski definition) is 1. The van der Waals surface area contributed by atoms with E-state index in [4.69, 9.17) is 5.11 Å². The quantitative estimate of drug-likeness (QED) is 0.904. The van der Waals surface area contributed by atoms with Crippen molar-refractivity contribution in [3.8, 4) is 0 Å². The minimum absolute atomic E-state index is 0.0323. The highest BCUT2D eigenvalue weighted by Crippen LogP contribution is 2.20. The average molecular weight is 325 g/mol. The molecule has 1 heterocycles. The van der Waals surface area contributed by atoms with Gasteiger partial charge in [-0.15, -0.1) is 0 Å². The van der Waals surface area contributed by atoms with Crippen LogP contribution in [0.15, 0.2) is 29.2 Å². The summed E-state index contributed by atoms with van der Waals surface area (Å²) in [6.45, 7) is 2.21. The number of carboxylic acids is 1. The number of carboxylic acid groups (broad SMARTS) is 1. The number of likely N-dealkylation sites (tertiary alicyclic amines) is 1. The first-order valence-electron chi connectivity index (χ1n) is 7.20. The molecule has 0 radical (unpaired) electrons. The van der Waals surface area contributed by atoms with Crippen LogP contribution in [0.2, 0.25) is 0 Å². The molecule has 1 aliphatic heterocycles. The fraction of sp³-hybridized carbons (Fsp3) is 0.467. The molecule has 6 nitrogen and oxygen atoms in total. The van der Waals surface area contributed by atoms with E-state index in [2.05, 4.69) is 0 Å². The third-order valence-electron chi connectivity index (χ3n) is 3.88. The second kappa shape index (κ2) is 6.48. The van der Waals surface area contributed by atoms with Crippen molar-refractivity contribution in [1.82, 2.24) is 4.90 Å². The van der Waals surface area contributed by atoms with Crippen LogP contribution in [-0.4, -0.2) is 49.1 Å². The van der Waals surface area contributed by atoms with Gasteiger partial charge < -0.3 is 10.0 Å². The van der Waals surface area contributed by atoms with Crippen molar-refractivity contribution >= 4 is 21.7 Å². The van der Waals surface area contributed by atoms with Crippen LogP contribution in [0.4, 0.5) is 0 Å². The Balaban J connectivity index is 2.23. The second-order valence-corrected chi connectivity index (χ2v) is 7.64. The van der Waals surface area contributed by atoms with Crippen LogP contribution in [0.5, 0.6) is 0 Å². The first-order chi connectivity index (χ1) is 10.3. The summed E-state index contributed by atoms with van der Waals surface area (Å²) in [6, 6.07) is 5.92. The number of hydrogen-bond acceptors (Lipinski definition) is 4. The summed E-state index contributed by atoms with van der Waals surface area (Å²) >= 11 is 0. The minimum Gasteiger partial charge on any atom is -0.481 e. The molecule has 1 amide bonds. The lowest BCUT2D eigenvalue weighted by molar-refractivity contribution is -0.143. The molecule has 1 aromatic rings. The van der Waals surface area contributed by atoms with Crippen molar-refractivity contribution < 1.29 is 23.1 Å². The van der Waals surface area contributed by atoms with E-state index in [0.29, 0.717) is 19.4 Å². The maximum Gasteiger partial charge on any atom is 0.308 e. The molecule has 1 unspecified atom stereocenters. The van der Waals surface area contributed by atoms with Gasteiger partial charge in [-0.3, -0.25) is 9.59 Å². The molecular weight excluding hydrogens is 306 g/mol. The molecule has 1 N–H and O–H groups in total. The smallest absolute Gasteiger partial charge is 0.308 e. The molecule has 0 bridgehead atoms. The molecule has 0 aliphatic carbocycles. The monoisotopic (exact) mass is 325 g/mol. The van der Waals surface area contributed by atoms with E-state index in [-0.39, 0.29) is 28.7 Å². The van der Waals surface area contributed by atoms with E-state index in [1.54, 1.807) is 13.0 Å². The molecule has 1 saturated heterocycles. The molecule has 0 aromatic heterocycles. The second-order valence-electron chi connectivity index (χ2n) is 5.36. The van der Waals surface area contributed by atoms with E-state index in [9.17, 15) is 18.0 Å². The van der Waals surface area contributed by atoms with Gasteiger partial charge in [0, 0.05) is 18.7 Å². The van der Waals surface area contributed by atoms with E-state index in [1.165, 1.54) is 23.1 Å². The Labute approximate surface area is 129 Å². The van der Waals surface area contributed by atoms with Crippen molar-refractivity contribution in [2.24, 2.45) is 5.92 Å². The molecule has 1 aliphatic rings. The summed E-state index contributed by atoms with van der Waals surface area (Å²) in [4.78, 5) is 25.1. The Morgan fingerprint density at radius 1 is 1.36 bits per heavy atom.